The van der Waals surface area contributed by atoms with Crippen molar-refractivity contribution >= 4 is 15.9 Å². The van der Waals surface area contributed by atoms with E-state index < -0.39 is 15.9 Å². The average Bonchev–Trinajstić information content (AvgIpc) is 2.15. The highest BCUT2D eigenvalue weighted by Gasteiger charge is 2.10. The quantitative estimate of drug-likeness (QED) is 0.835. The summed E-state index contributed by atoms with van der Waals surface area (Å²) in [4.78, 5) is 11.4. The van der Waals surface area contributed by atoms with Gasteiger partial charge in [-0.2, -0.15) is 0 Å². The second kappa shape index (κ2) is 4.44. The van der Waals surface area contributed by atoms with E-state index >= 15 is 0 Å². The maximum atomic E-state index is 11.4. The standard InChI is InChI=1S/C10H13NO3S/c1-3-8-5-4-6-9(7-8)10(12)11-15(2,13)14/h4-7H,3H2,1-2H3,(H,11,12). The molecule has 82 valence electrons. The van der Waals surface area contributed by atoms with Crippen molar-refractivity contribution in [2.45, 2.75) is 13.3 Å². The van der Waals surface area contributed by atoms with Gasteiger partial charge in [0, 0.05) is 5.56 Å². The van der Waals surface area contributed by atoms with Gasteiger partial charge in [-0.3, -0.25) is 4.79 Å². The van der Waals surface area contributed by atoms with Crippen LogP contribution >= 0.6 is 0 Å². The molecule has 0 bridgehead atoms. The lowest BCUT2D eigenvalue weighted by atomic mass is 10.1. The van der Waals surface area contributed by atoms with Crippen LogP contribution in [0.1, 0.15) is 22.8 Å². The summed E-state index contributed by atoms with van der Waals surface area (Å²) >= 11 is 0. The summed E-state index contributed by atoms with van der Waals surface area (Å²) in [6, 6.07) is 6.88. The van der Waals surface area contributed by atoms with Crippen LogP contribution in [0.5, 0.6) is 0 Å². The number of aryl methyl sites for hydroxylation is 1. The number of hydrogen-bond donors (Lipinski definition) is 1. The number of carbonyl (C=O) groups excluding carboxylic acids is 1. The van der Waals surface area contributed by atoms with Crippen molar-refractivity contribution in [2.75, 3.05) is 6.26 Å². The molecule has 0 spiro atoms. The normalized spacial score (nSPS) is 11.1. The monoisotopic (exact) mass is 227 g/mol. The second-order valence-electron chi connectivity index (χ2n) is 3.26. The third kappa shape index (κ3) is 3.71. The molecule has 0 fully saturated rings. The fraction of sp³-hybridized carbons (Fsp3) is 0.300. The van der Waals surface area contributed by atoms with Crippen LogP contribution in [0.2, 0.25) is 0 Å². The van der Waals surface area contributed by atoms with Gasteiger partial charge in [0.15, 0.2) is 0 Å². The molecule has 1 aromatic carbocycles. The summed E-state index contributed by atoms with van der Waals surface area (Å²) in [7, 11) is -3.49. The molecular weight excluding hydrogens is 214 g/mol. The number of sulfonamides is 1. The first-order chi connectivity index (χ1) is 6.92. The molecule has 0 aliphatic rings. The zero-order valence-electron chi connectivity index (χ0n) is 8.65. The van der Waals surface area contributed by atoms with E-state index in [-0.39, 0.29) is 0 Å². The molecule has 0 unspecified atom stereocenters. The number of amides is 1. The number of rotatable bonds is 3. The van der Waals surface area contributed by atoms with Crippen LogP contribution < -0.4 is 4.72 Å². The molecule has 0 atom stereocenters. The van der Waals surface area contributed by atoms with E-state index in [0.29, 0.717) is 5.56 Å². The molecular formula is C10H13NO3S. The Morgan fingerprint density at radius 3 is 2.60 bits per heavy atom. The van der Waals surface area contributed by atoms with Crippen LogP contribution in [0.25, 0.3) is 0 Å². The highest BCUT2D eigenvalue weighted by Crippen LogP contribution is 2.05. The van der Waals surface area contributed by atoms with Crippen LogP contribution in [-0.2, 0) is 16.4 Å². The average molecular weight is 227 g/mol. The second-order valence-corrected chi connectivity index (χ2v) is 5.01. The Morgan fingerprint density at radius 1 is 1.40 bits per heavy atom. The van der Waals surface area contributed by atoms with E-state index in [1.165, 1.54) is 0 Å². The molecule has 15 heavy (non-hydrogen) atoms. The molecule has 4 nitrogen and oxygen atoms in total. The van der Waals surface area contributed by atoms with Gasteiger partial charge in [0.25, 0.3) is 5.91 Å². The van der Waals surface area contributed by atoms with E-state index in [1.807, 2.05) is 17.7 Å². The summed E-state index contributed by atoms with van der Waals surface area (Å²) < 4.78 is 23.6. The molecule has 0 aliphatic heterocycles. The van der Waals surface area contributed by atoms with E-state index in [9.17, 15) is 13.2 Å². The van der Waals surface area contributed by atoms with Crippen molar-refractivity contribution in [3.63, 3.8) is 0 Å². The Balaban J connectivity index is 2.92. The fourth-order valence-corrected chi connectivity index (χ4v) is 1.61. The highest BCUT2D eigenvalue weighted by atomic mass is 32.2. The van der Waals surface area contributed by atoms with Gasteiger partial charge < -0.3 is 0 Å². The Hall–Kier alpha value is -1.36. The van der Waals surface area contributed by atoms with Crippen LogP contribution in [0, 0.1) is 0 Å². The summed E-state index contributed by atoms with van der Waals surface area (Å²) in [5.41, 5.74) is 1.36. The number of benzene rings is 1. The van der Waals surface area contributed by atoms with E-state index in [0.717, 1.165) is 18.2 Å². The lowest BCUT2D eigenvalue weighted by Gasteiger charge is -2.03. The molecule has 0 heterocycles. The molecule has 1 N–H and O–H groups in total. The Morgan fingerprint density at radius 2 is 2.07 bits per heavy atom. The maximum Gasteiger partial charge on any atom is 0.264 e. The van der Waals surface area contributed by atoms with E-state index in [4.69, 9.17) is 0 Å². The van der Waals surface area contributed by atoms with Gasteiger partial charge >= 0.3 is 0 Å². The van der Waals surface area contributed by atoms with Gasteiger partial charge in [-0.25, -0.2) is 13.1 Å². The zero-order chi connectivity index (χ0) is 11.5. The van der Waals surface area contributed by atoms with Gasteiger partial charge in [0.2, 0.25) is 10.0 Å². The van der Waals surface area contributed by atoms with Crippen molar-refractivity contribution < 1.29 is 13.2 Å². The largest absolute Gasteiger partial charge is 0.268 e. The topological polar surface area (TPSA) is 63.2 Å². The lowest BCUT2D eigenvalue weighted by molar-refractivity contribution is 0.0981. The maximum absolute atomic E-state index is 11.4. The zero-order valence-corrected chi connectivity index (χ0v) is 9.47. The number of hydrogen-bond acceptors (Lipinski definition) is 3. The molecule has 0 aliphatic carbocycles. The Kier molecular flexibility index (Phi) is 3.47. The number of nitrogens with one attached hydrogen (secondary N) is 1. The molecule has 1 rings (SSSR count). The lowest BCUT2D eigenvalue weighted by Crippen LogP contribution is -2.29. The van der Waals surface area contributed by atoms with E-state index in [2.05, 4.69) is 0 Å². The number of carbonyl (C=O) groups is 1. The minimum absolute atomic E-state index is 0.361. The minimum Gasteiger partial charge on any atom is -0.268 e. The molecule has 5 heteroatoms. The van der Waals surface area contributed by atoms with E-state index in [1.54, 1.807) is 18.2 Å². The minimum atomic E-state index is -3.49. The van der Waals surface area contributed by atoms with Crippen LogP contribution in [0.3, 0.4) is 0 Å². The summed E-state index contributed by atoms with van der Waals surface area (Å²) in [5, 5.41) is 0. The van der Waals surface area contributed by atoms with Gasteiger partial charge in [-0.15, -0.1) is 0 Å². The van der Waals surface area contributed by atoms with Gasteiger partial charge in [0.05, 0.1) is 6.26 Å². The molecule has 1 amide bonds. The first kappa shape index (κ1) is 11.7. The first-order valence-corrected chi connectivity index (χ1v) is 6.42. The molecule has 0 radical (unpaired) electrons. The summed E-state index contributed by atoms with van der Waals surface area (Å²) in [5.74, 6) is -0.590. The van der Waals surface area contributed by atoms with Crippen LogP contribution in [0.15, 0.2) is 24.3 Å². The smallest absolute Gasteiger partial charge is 0.264 e. The third-order valence-electron chi connectivity index (χ3n) is 1.88. The first-order valence-electron chi connectivity index (χ1n) is 4.53. The third-order valence-corrected chi connectivity index (χ3v) is 2.43. The van der Waals surface area contributed by atoms with Crippen molar-refractivity contribution in [1.82, 2.24) is 4.72 Å². The summed E-state index contributed by atoms with van der Waals surface area (Å²) in [6.45, 7) is 1.97. The predicted octanol–water partition coefficient (Wildman–Crippen LogP) is 0.938. The molecule has 1 aromatic rings. The van der Waals surface area contributed by atoms with Crippen molar-refractivity contribution in [1.29, 1.82) is 0 Å². The summed E-state index contributed by atoms with van der Waals surface area (Å²) in [6.07, 6.45) is 1.76. The molecule has 0 aromatic heterocycles. The van der Waals surface area contributed by atoms with Crippen molar-refractivity contribution in [2.24, 2.45) is 0 Å². The molecule has 0 saturated carbocycles. The van der Waals surface area contributed by atoms with Crippen molar-refractivity contribution in [3.05, 3.63) is 35.4 Å². The Bertz CT molecular complexity index is 465. The van der Waals surface area contributed by atoms with Crippen molar-refractivity contribution in [3.8, 4) is 0 Å². The van der Waals surface area contributed by atoms with Crippen LogP contribution in [0.4, 0.5) is 0 Å². The van der Waals surface area contributed by atoms with Gasteiger partial charge in [-0.1, -0.05) is 19.1 Å². The van der Waals surface area contributed by atoms with Crippen LogP contribution in [-0.4, -0.2) is 20.6 Å². The fourth-order valence-electron chi connectivity index (χ4n) is 1.16. The van der Waals surface area contributed by atoms with Gasteiger partial charge in [-0.05, 0) is 24.1 Å². The predicted molar refractivity (Wildman–Crippen MR) is 58.1 cm³/mol. The van der Waals surface area contributed by atoms with Gasteiger partial charge in [0.1, 0.15) is 0 Å². The highest BCUT2D eigenvalue weighted by molar-refractivity contribution is 7.89. The molecule has 0 saturated heterocycles. The Labute approximate surface area is 89.4 Å². The SMILES string of the molecule is CCc1cccc(C(=O)NS(C)(=O)=O)c1.